The van der Waals surface area contributed by atoms with Crippen molar-refractivity contribution in [3.63, 3.8) is 0 Å². The number of nitrogens with one attached hydrogen (secondary N) is 2. The number of amides is 2. The zero-order chi connectivity index (χ0) is 28.8. The van der Waals surface area contributed by atoms with Crippen LogP contribution in [0, 0.1) is 0 Å². The number of hydrogen-bond donors (Lipinski definition) is 3. The van der Waals surface area contributed by atoms with E-state index in [1.54, 1.807) is 6.92 Å². The molecule has 0 aromatic carbocycles. The van der Waals surface area contributed by atoms with Gasteiger partial charge in [-0.3, -0.25) is 9.59 Å². The van der Waals surface area contributed by atoms with Crippen LogP contribution in [-0.2, 0) is 0 Å². The highest BCUT2D eigenvalue weighted by Crippen LogP contribution is 2.40. The van der Waals surface area contributed by atoms with Crippen LogP contribution in [0.1, 0.15) is 87.2 Å². The molecule has 1 aliphatic rings. The Hall–Kier alpha value is -2.80. The van der Waals surface area contributed by atoms with Crippen molar-refractivity contribution in [1.29, 1.82) is 0 Å². The maximum absolute atomic E-state index is 14.2. The average molecular weight is 560 g/mol. The number of pyridine rings is 1. The summed E-state index contributed by atoms with van der Waals surface area (Å²) in [7, 11) is 0. The highest BCUT2D eigenvalue weighted by Gasteiger charge is 2.46. The molecule has 0 radical (unpaired) electrons. The third-order valence-electron chi connectivity index (χ3n) is 6.14. The highest BCUT2D eigenvalue weighted by molar-refractivity contribution is 7.17. The maximum Gasteiger partial charge on any atom is 0.280 e. The molecule has 3 heterocycles. The van der Waals surface area contributed by atoms with Crippen molar-refractivity contribution in [1.82, 2.24) is 20.2 Å². The Bertz CT molecular complexity index is 1210. The van der Waals surface area contributed by atoms with Gasteiger partial charge in [0, 0.05) is 35.3 Å². The summed E-state index contributed by atoms with van der Waals surface area (Å²) in [6.07, 6.45) is -2.37. The molecule has 13 heteroatoms. The summed E-state index contributed by atoms with van der Waals surface area (Å²) in [6.45, 7) is 10.6. The van der Waals surface area contributed by atoms with E-state index in [4.69, 9.17) is 0 Å². The van der Waals surface area contributed by atoms with Gasteiger partial charge >= 0.3 is 0 Å². The number of carbonyl (C=O) groups is 2. The molecule has 1 fully saturated rings. The number of carbonyl (C=O) groups excluding carboxylic acids is 2. The molecule has 1 unspecified atom stereocenters. The summed E-state index contributed by atoms with van der Waals surface area (Å²) in [5.74, 6) is -4.57. The minimum absolute atomic E-state index is 0.0800. The normalized spacial score (nSPS) is 18.6. The van der Waals surface area contributed by atoms with Gasteiger partial charge in [0.1, 0.15) is 11.5 Å². The number of rotatable bonds is 7. The standard InChI is InChI=1S/C25H33F4N5O3S/c1-12-9-25(28,29)11-34(12)22(36)17-18(38-21(32-17)20(35)31-13(2)24(6,7)37)15-10-30-16(33-23(3,4)5)8-14(15)19(26)27/h8,10,12-13,19,37H,9,11H2,1-7H3,(H,30,33)(H,31,35)/t12-,13?/m0/s1. The Morgan fingerprint density at radius 2 is 1.87 bits per heavy atom. The van der Waals surface area contributed by atoms with Crippen LogP contribution >= 0.6 is 11.3 Å². The van der Waals surface area contributed by atoms with Crippen molar-refractivity contribution in [3.8, 4) is 10.4 Å². The average Bonchev–Trinajstić information content (AvgIpc) is 3.31. The first kappa shape index (κ1) is 29.8. The predicted octanol–water partition coefficient (Wildman–Crippen LogP) is 5.11. The number of thiazole rings is 1. The van der Waals surface area contributed by atoms with Gasteiger partial charge in [0.2, 0.25) is 0 Å². The first-order valence-corrected chi connectivity index (χ1v) is 12.9. The van der Waals surface area contributed by atoms with E-state index in [9.17, 15) is 32.3 Å². The van der Waals surface area contributed by atoms with Crippen LogP contribution in [0.2, 0.25) is 0 Å². The topological polar surface area (TPSA) is 107 Å². The number of halogens is 4. The van der Waals surface area contributed by atoms with Crippen molar-refractivity contribution < 1.29 is 32.3 Å². The molecule has 210 valence electrons. The summed E-state index contributed by atoms with van der Waals surface area (Å²) < 4.78 is 56.6. The zero-order valence-electron chi connectivity index (χ0n) is 22.3. The second-order valence-corrected chi connectivity index (χ2v) is 12.2. The Morgan fingerprint density at radius 3 is 2.37 bits per heavy atom. The zero-order valence-corrected chi connectivity index (χ0v) is 23.1. The molecule has 2 aromatic heterocycles. The summed E-state index contributed by atoms with van der Waals surface area (Å²) >= 11 is 0.679. The summed E-state index contributed by atoms with van der Waals surface area (Å²) in [6, 6.07) is -0.396. The summed E-state index contributed by atoms with van der Waals surface area (Å²) in [4.78, 5) is 35.6. The molecule has 2 aromatic rings. The molecule has 1 aliphatic heterocycles. The third kappa shape index (κ3) is 6.79. The molecule has 3 N–H and O–H groups in total. The fourth-order valence-corrected chi connectivity index (χ4v) is 4.89. The van der Waals surface area contributed by atoms with Gasteiger partial charge in [0.15, 0.2) is 5.01 Å². The SMILES string of the molecule is CC(NC(=O)c1nc(C(=O)N2CC(F)(F)C[C@@H]2C)c(-c2cnc(NC(C)(C)C)cc2C(F)F)s1)C(C)(C)O. The van der Waals surface area contributed by atoms with Crippen molar-refractivity contribution in [2.24, 2.45) is 0 Å². The maximum atomic E-state index is 14.2. The fourth-order valence-electron chi connectivity index (χ4n) is 3.89. The van der Waals surface area contributed by atoms with Gasteiger partial charge in [0.25, 0.3) is 24.2 Å². The van der Waals surface area contributed by atoms with Gasteiger partial charge in [-0.1, -0.05) is 0 Å². The van der Waals surface area contributed by atoms with E-state index in [1.807, 2.05) is 20.8 Å². The van der Waals surface area contributed by atoms with E-state index in [2.05, 4.69) is 20.6 Å². The minimum Gasteiger partial charge on any atom is -0.388 e. The number of likely N-dealkylation sites (tertiary alicyclic amines) is 1. The van der Waals surface area contributed by atoms with Gasteiger partial charge in [-0.25, -0.2) is 27.5 Å². The number of aromatic nitrogens is 2. The van der Waals surface area contributed by atoms with Gasteiger partial charge in [0.05, 0.1) is 23.1 Å². The lowest BCUT2D eigenvalue weighted by molar-refractivity contribution is 0.0118. The summed E-state index contributed by atoms with van der Waals surface area (Å²) in [5, 5.41) is 15.5. The number of anilines is 1. The van der Waals surface area contributed by atoms with Crippen LogP contribution in [0.5, 0.6) is 0 Å². The van der Waals surface area contributed by atoms with Crippen LogP contribution in [0.25, 0.3) is 10.4 Å². The first-order chi connectivity index (χ1) is 17.3. The molecular weight excluding hydrogens is 526 g/mol. The molecule has 38 heavy (non-hydrogen) atoms. The minimum atomic E-state index is -3.11. The lowest BCUT2D eigenvalue weighted by atomic mass is 10.0. The third-order valence-corrected chi connectivity index (χ3v) is 7.23. The first-order valence-electron chi connectivity index (χ1n) is 12.1. The molecule has 8 nitrogen and oxygen atoms in total. The molecule has 0 spiro atoms. The Labute approximate surface area is 222 Å². The Balaban J connectivity index is 2.13. The van der Waals surface area contributed by atoms with Crippen molar-refractivity contribution in [3.05, 3.63) is 28.5 Å². The van der Waals surface area contributed by atoms with Crippen LogP contribution in [-0.4, -0.2) is 67.5 Å². The monoisotopic (exact) mass is 559 g/mol. The molecule has 0 bridgehead atoms. The van der Waals surface area contributed by atoms with E-state index in [0.29, 0.717) is 11.3 Å². The summed E-state index contributed by atoms with van der Waals surface area (Å²) in [5.41, 5.74) is -2.73. The smallest absolute Gasteiger partial charge is 0.280 e. The van der Waals surface area contributed by atoms with Crippen LogP contribution in [0.15, 0.2) is 12.3 Å². The predicted molar refractivity (Wildman–Crippen MR) is 137 cm³/mol. The molecule has 2 amide bonds. The Kier molecular flexibility index (Phi) is 8.14. The quantitative estimate of drug-likeness (QED) is 0.407. The van der Waals surface area contributed by atoms with Crippen molar-refractivity contribution in [2.45, 2.75) is 90.5 Å². The second-order valence-electron chi connectivity index (χ2n) is 11.2. The van der Waals surface area contributed by atoms with E-state index in [0.717, 1.165) is 17.2 Å². The number of alkyl halides is 4. The molecule has 2 atom stereocenters. The van der Waals surface area contributed by atoms with Crippen molar-refractivity contribution in [2.75, 3.05) is 11.9 Å². The van der Waals surface area contributed by atoms with E-state index in [1.165, 1.54) is 20.8 Å². The molecule has 1 saturated heterocycles. The largest absolute Gasteiger partial charge is 0.388 e. The number of hydrogen-bond acceptors (Lipinski definition) is 7. The second kappa shape index (κ2) is 10.4. The van der Waals surface area contributed by atoms with Gasteiger partial charge in [-0.2, -0.15) is 0 Å². The fraction of sp³-hybridized carbons (Fsp3) is 0.600. The van der Waals surface area contributed by atoms with E-state index >= 15 is 0 Å². The molecular formula is C25H33F4N5O3S. The van der Waals surface area contributed by atoms with Gasteiger partial charge in [-0.15, -0.1) is 11.3 Å². The van der Waals surface area contributed by atoms with Gasteiger partial charge in [-0.05, 0) is 54.5 Å². The number of aliphatic hydroxyl groups is 1. The highest BCUT2D eigenvalue weighted by atomic mass is 32.1. The van der Waals surface area contributed by atoms with Crippen LogP contribution < -0.4 is 10.6 Å². The van der Waals surface area contributed by atoms with Gasteiger partial charge < -0.3 is 20.6 Å². The van der Waals surface area contributed by atoms with Crippen LogP contribution in [0.4, 0.5) is 23.4 Å². The number of nitrogens with zero attached hydrogens (tertiary/aromatic N) is 3. The molecule has 0 saturated carbocycles. The van der Waals surface area contributed by atoms with E-state index < -0.39 is 65.9 Å². The Morgan fingerprint density at radius 1 is 1.24 bits per heavy atom. The lowest BCUT2D eigenvalue weighted by Crippen LogP contribution is -2.47. The van der Waals surface area contributed by atoms with E-state index in [-0.39, 0.29) is 27.0 Å². The van der Waals surface area contributed by atoms with Crippen molar-refractivity contribution >= 4 is 29.0 Å². The molecule has 3 rings (SSSR count). The molecule has 0 aliphatic carbocycles. The lowest BCUT2D eigenvalue weighted by Gasteiger charge is -2.26. The van der Waals surface area contributed by atoms with Crippen LogP contribution in [0.3, 0.4) is 0 Å².